The summed E-state index contributed by atoms with van der Waals surface area (Å²) in [7, 11) is 0. The van der Waals surface area contributed by atoms with Crippen LogP contribution in [0.15, 0.2) is 48.1 Å². The van der Waals surface area contributed by atoms with E-state index >= 15 is 0 Å². The van der Waals surface area contributed by atoms with Crippen LogP contribution in [-0.2, 0) is 9.59 Å². The number of amides is 1. The lowest BCUT2D eigenvalue weighted by molar-refractivity contribution is -0.140. The zero-order valence-corrected chi connectivity index (χ0v) is 20.6. The molecule has 0 spiro atoms. The van der Waals surface area contributed by atoms with Gasteiger partial charge in [-0.25, -0.2) is 4.39 Å². The van der Waals surface area contributed by atoms with E-state index in [1.807, 2.05) is 6.08 Å². The van der Waals surface area contributed by atoms with Crippen LogP contribution in [0.25, 0.3) is 0 Å². The fourth-order valence-corrected chi connectivity index (χ4v) is 7.88. The van der Waals surface area contributed by atoms with Crippen molar-refractivity contribution in [1.29, 1.82) is 0 Å². The van der Waals surface area contributed by atoms with Crippen LogP contribution in [-0.4, -0.2) is 36.1 Å². The standard InChI is InChI=1S/C29H36FNO4/c1-28-13-12-20(32)16-18(28)4-9-22-23-10-11-24(29(23,2)17-25(33)26(22)28)27(34)31-14-3-15-35-21-7-5-19(30)6-8-21/h5-8,12-13,16,22-26,33H,3-4,9-11,14-15,17H2,1-2H3,(H,31,34). The van der Waals surface area contributed by atoms with E-state index in [1.165, 1.54) is 12.1 Å². The van der Waals surface area contributed by atoms with Crippen LogP contribution < -0.4 is 10.1 Å². The van der Waals surface area contributed by atoms with Gasteiger partial charge in [-0.2, -0.15) is 0 Å². The minimum atomic E-state index is -0.495. The van der Waals surface area contributed by atoms with Gasteiger partial charge < -0.3 is 15.2 Å². The summed E-state index contributed by atoms with van der Waals surface area (Å²) >= 11 is 0. The molecular formula is C29H36FNO4. The van der Waals surface area contributed by atoms with Gasteiger partial charge in [0, 0.05) is 23.8 Å². The molecular weight excluding hydrogens is 445 g/mol. The number of ether oxygens (including phenoxy) is 1. The summed E-state index contributed by atoms with van der Waals surface area (Å²) in [5.41, 5.74) is 0.660. The van der Waals surface area contributed by atoms with Gasteiger partial charge in [0.2, 0.25) is 5.91 Å². The first-order chi connectivity index (χ1) is 16.7. The number of allylic oxidation sites excluding steroid dienone is 4. The van der Waals surface area contributed by atoms with E-state index in [0.717, 1.165) is 31.3 Å². The molecule has 7 unspecified atom stereocenters. The lowest BCUT2D eigenvalue weighted by Crippen LogP contribution is -2.57. The molecule has 3 saturated carbocycles. The summed E-state index contributed by atoms with van der Waals surface area (Å²) in [4.78, 5) is 25.2. The second kappa shape index (κ2) is 9.20. The molecule has 4 aliphatic carbocycles. The molecule has 6 heteroatoms. The predicted molar refractivity (Wildman–Crippen MR) is 131 cm³/mol. The third-order valence-electron chi connectivity index (χ3n) is 9.51. The molecule has 5 rings (SSSR count). The Balaban J connectivity index is 1.20. The fraction of sp³-hybridized carbons (Fsp3) is 0.586. The minimum absolute atomic E-state index is 0.0479. The van der Waals surface area contributed by atoms with E-state index in [4.69, 9.17) is 4.74 Å². The van der Waals surface area contributed by atoms with Crippen molar-refractivity contribution in [2.45, 2.75) is 58.5 Å². The lowest BCUT2D eigenvalue weighted by atomic mass is 9.47. The Kier molecular flexibility index (Phi) is 6.37. The van der Waals surface area contributed by atoms with Crippen molar-refractivity contribution < 1.29 is 23.8 Å². The monoisotopic (exact) mass is 481 g/mol. The second-order valence-corrected chi connectivity index (χ2v) is 11.4. The van der Waals surface area contributed by atoms with Gasteiger partial charge in [0.1, 0.15) is 11.6 Å². The maximum Gasteiger partial charge on any atom is 0.223 e. The summed E-state index contributed by atoms with van der Waals surface area (Å²) in [6.07, 6.45) is 9.98. The molecule has 1 amide bonds. The molecule has 4 aliphatic rings. The Hall–Kier alpha value is -2.47. The Morgan fingerprint density at radius 1 is 1.20 bits per heavy atom. The van der Waals surface area contributed by atoms with E-state index in [9.17, 15) is 19.1 Å². The molecule has 2 N–H and O–H groups in total. The van der Waals surface area contributed by atoms with Crippen molar-refractivity contribution in [3.8, 4) is 5.75 Å². The van der Waals surface area contributed by atoms with E-state index in [1.54, 1.807) is 24.3 Å². The fourth-order valence-electron chi connectivity index (χ4n) is 7.88. The molecule has 1 aromatic carbocycles. The number of halogens is 1. The number of hydrogen-bond acceptors (Lipinski definition) is 4. The van der Waals surface area contributed by atoms with Crippen LogP contribution in [0.3, 0.4) is 0 Å². The normalized spacial score (nSPS) is 37.7. The molecule has 35 heavy (non-hydrogen) atoms. The van der Waals surface area contributed by atoms with Crippen molar-refractivity contribution in [2.24, 2.45) is 34.5 Å². The van der Waals surface area contributed by atoms with Crippen molar-refractivity contribution >= 4 is 11.7 Å². The average molecular weight is 482 g/mol. The van der Waals surface area contributed by atoms with Crippen LogP contribution in [0.4, 0.5) is 4.39 Å². The number of fused-ring (bicyclic) bond motifs is 5. The van der Waals surface area contributed by atoms with Crippen molar-refractivity contribution in [3.05, 3.63) is 53.9 Å². The molecule has 5 nitrogen and oxygen atoms in total. The van der Waals surface area contributed by atoms with Gasteiger partial charge in [0.25, 0.3) is 0 Å². The van der Waals surface area contributed by atoms with Gasteiger partial charge in [-0.1, -0.05) is 25.5 Å². The summed E-state index contributed by atoms with van der Waals surface area (Å²) in [6, 6.07) is 5.93. The SMILES string of the molecule is CC12C=CC(=O)C=C1CCC1C2C(O)CC2(C)C(C(=O)NCCCOc3ccc(F)cc3)CCC12. The van der Waals surface area contributed by atoms with Crippen LogP contribution in [0.5, 0.6) is 5.75 Å². The summed E-state index contributed by atoms with van der Waals surface area (Å²) < 4.78 is 18.6. The molecule has 1 aromatic rings. The first-order valence-corrected chi connectivity index (χ1v) is 13.0. The highest BCUT2D eigenvalue weighted by atomic mass is 19.1. The topological polar surface area (TPSA) is 75.6 Å². The number of rotatable bonds is 6. The number of nitrogens with one attached hydrogen (secondary N) is 1. The van der Waals surface area contributed by atoms with E-state index in [0.29, 0.717) is 43.6 Å². The molecule has 0 bridgehead atoms. The summed E-state index contributed by atoms with van der Waals surface area (Å²) in [5, 5.41) is 14.5. The quantitative estimate of drug-likeness (QED) is 0.582. The Labute approximate surface area is 206 Å². The summed E-state index contributed by atoms with van der Waals surface area (Å²) in [5.74, 6) is 1.19. The van der Waals surface area contributed by atoms with E-state index in [2.05, 4.69) is 19.2 Å². The number of aliphatic hydroxyl groups excluding tert-OH is 1. The Bertz CT molecular complexity index is 1050. The molecule has 188 valence electrons. The van der Waals surface area contributed by atoms with E-state index < -0.39 is 6.10 Å². The zero-order valence-electron chi connectivity index (χ0n) is 20.6. The number of carbonyl (C=O) groups excluding carboxylic acids is 2. The maximum absolute atomic E-state index is 13.2. The highest BCUT2D eigenvalue weighted by Gasteiger charge is 2.62. The van der Waals surface area contributed by atoms with Gasteiger partial charge in [0.15, 0.2) is 5.78 Å². The number of benzene rings is 1. The van der Waals surface area contributed by atoms with Gasteiger partial charge in [-0.15, -0.1) is 0 Å². The molecule has 3 fully saturated rings. The van der Waals surface area contributed by atoms with Crippen LogP contribution in [0.2, 0.25) is 0 Å². The minimum Gasteiger partial charge on any atom is -0.494 e. The highest BCUT2D eigenvalue weighted by molar-refractivity contribution is 6.01. The molecule has 0 aliphatic heterocycles. The van der Waals surface area contributed by atoms with Gasteiger partial charge in [0.05, 0.1) is 12.7 Å². The van der Waals surface area contributed by atoms with Crippen molar-refractivity contribution in [3.63, 3.8) is 0 Å². The summed E-state index contributed by atoms with van der Waals surface area (Å²) in [6.45, 7) is 5.36. The number of hydrogen-bond donors (Lipinski definition) is 2. The van der Waals surface area contributed by atoms with Gasteiger partial charge in [-0.05, 0) is 92.2 Å². The third kappa shape index (κ3) is 4.24. The third-order valence-corrected chi connectivity index (χ3v) is 9.51. The number of ketones is 1. The first-order valence-electron chi connectivity index (χ1n) is 13.0. The smallest absolute Gasteiger partial charge is 0.223 e. The average Bonchev–Trinajstić information content (AvgIpc) is 3.16. The number of carbonyl (C=O) groups is 2. The van der Waals surface area contributed by atoms with Crippen molar-refractivity contribution in [2.75, 3.05) is 13.2 Å². The van der Waals surface area contributed by atoms with E-state index in [-0.39, 0.29) is 40.2 Å². The van der Waals surface area contributed by atoms with Crippen molar-refractivity contribution in [1.82, 2.24) is 5.32 Å². The van der Waals surface area contributed by atoms with Crippen LogP contribution >= 0.6 is 0 Å². The highest BCUT2D eigenvalue weighted by Crippen LogP contribution is 2.65. The molecule has 0 heterocycles. The molecule has 7 atom stereocenters. The Morgan fingerprint density at radius 3 is 2.74 bits per heavy atom. The zero-order chi connectivity index (χ0) is 24.8. The Morgan fingerprint density at radius 2 is 1.97 bits per heavy atom. The van der Waals surface area contributed by atoms with Gasteiger partial charge >= 0.3 is 0 Å². The molecule has 0 aromatic heterocycles. The maximum atomic E-state index is 13.2. The largest absolute Gasteiger partial charge is 0.494 e. The molecule has 0 radical (unpaired) electrons. The van der Waals surface area contributed by atoms with Crippen LogP contribution in [0.1, 0.15) is 52.4 Å². The van der Waals surface area contributed by atoms with Gasteiger partial charge in [-0.3, -0.25) is 9.59 Å². The second-order valence-electron chi connectivity index (χ2n) is 11.4. The molecule has 0 saturated heterocycles. The van der Waals surface area contributed by atoms with Crippen LogP contribution in [0, 0.1) is 40.3 Å². The lowest BCUT2D eigenvalue weighted by Gasteiger charge is -2.58. The number of aliphatic hydroxyl groups is 1. The first kappa shape index (κ1) is 24.2. The predicted octanol–water partition coefficient (Wildman–Crippen LogP) is 4.61.